The molecule has 31 heavy (non-hydrogen) atoms. The lowest BCUT2D eigenvalue weighted by Gasteiger charge is -2.13. The number of nitrogens with zero attached hydrogens (tertiary/aromatic N) is 3. The highest BCUT2D eigenvalue weighted by molar-refractivity contribution is 5.99. The van der Waals surface area contributed by atoms with Gasteiger partial charge in [0.25, 0.3) is 5.91 Å². The van der Waals surface area contributed by atoms with Gasteiger partial charge in [0.1, 0.15) is 5.82 Å². The summed E-state index contributed by atoms with van der Waals surface area (Å²) in [5.41, 5.74) is 4.29. The SMILES string of the molecule is O=C(NCc1ccncc1)c1ccc(-c2ccccc2)nc1NCCc1ccccn1. The Bertz CT molecular complexity index is 1120. The molecule has 2 N–H and O–H groups in total. The Hall–Kier alpha value is -4.06. The van der Waals surface area contributed by atoms with E-state index in [1.807, 2.05) is 72.8 Å². The third-order valence-electron chi connectivity index (χ3n) is 4.81. The van der Waals surface area contributed by atoms with Gasteiger partial charge >= 0.3 is 0 Å². The van der Waals surface area contributed by atoms with Crippen LogP contribution >= 0.6 is 0 Å². The molecule has 0 aliphatic heterocycles. The number of pyridine rings is 3. The zero-order chi connectivity index (χ0) is 21.3. The molecule has 0 saturated carbocycles. The van der Waals surface area contributed by atoms with E-state index < -0.39 is 0 Å². The van der Waals surface area contributed by atoms with Crippen molar-refractivity contribution in [2.75, 3.05) is 11.9 Å². The van der Waals surface area contributed by atoms with E-state index in [2.05, 4.69) is 20.6 Å². The molecule has 1 aromatic carbocycles. The summed E-state index contributed by atoms with van der Waals surface area (Å²) in [5.74, 6) is 0.383. The molecule has 154 valence electrons. The van der Waals surface area contributed by atoms with Crippen LogP contribution in [-0.2, 0) is 13.0 Å². The summed E-state index contributed by atoms with van der Waals surface area (Å²) in [5, 5.41) is 6.29. The maximum atomic E-state index is 12.9. The van der Waals surface area contributed by atoms with Crippen LogP contribution in [0.1, 0.15) is 21.6 Å². The second-order valence-electron chi connectivity index (χ2n) is 6.99. The molecule has 4 rings (SSSR count). The summed E-state index contributed by atoms with van der Waals surface area (Å²) in [7, 11) is 0. The van der Waals surface area contributed by atoms with Gasteiger partial charge in [-0.3, -0.25) is 14.8 Å². The van der Waals surface area contributed by atoms with Gasteiger partial charge in [0.05, 0.1) is 11.3 Å². The van der Waals surface area contributed by atoms with Crippen molar-refractivity contribution < 1.29 is 4.79 Å². The first-order chi connectivity index (χ1) is 15.3. The fraction of sp³-hybridized carbons (Fsp3) is 0.120. The molecule has 0 bridgehead atoms. The van der Waals surface area contributed by atoms with Crippen LogP contribution in [0.2, 0.25) is 0 Å². The van der Waals surface area contributed by atoms with Crippen LogP contribution in [0.25, 0.3) is 11.3 Å². The van der Waals surface area contributed by atoms with Gasteiger partial charge in [-0.2, -0.15) is 0 Å². The second kappa shape index (κ2) is 10.1. The van der Waals surface area contributed by atoms with E-state index in [4.69, 9.17) is 4.98 Å². The van der Waals surface area contributed by atoms with Crippen molar-refractivity contribution in [3.63, 3.8) is 0 Å². The minimum atomic E-state index is -0.177. The molecule has 0 aliphatic rings. The molecule has 0 unspecified atom stereocenters. The fourth-order valence-corrected chi connectivity index (χ4v) is 3.18. The summed E-state index contributed by atoms with van der Waals surface area (Å²) in [6, 6.07) is 23.2. The average molecular weight is 409 g/mol. The molecule has 0 aliphatic carbocycles. The van der Waals surface area contributed by atoms with E-state index in [0.29, 0.717) is 24.5 Å². The molecular formula is C25H23N5O. The van der Waals surface area contributed by atoms with E-state index in [1.165, 1.54) is 0 Å². The molecular weight excluding hydrogens is 386 g/mol. The van der Waals surface area contributed by atoms with Gasteiger partial charge in [-0.25, -0.2) is 4.98 Å². The van der Waals surface area contributed by atoms with Gasteiger partial charge in [0.15, 0.2) is 0 Å². The van der Waals surface area contributed by atoms with Crippen LogP contribution in [0.3, 0.4) is 0 Å². The highest BCUT2D eigenvalue weighted by Crippen LogP contribution is 2.22. The summed E-state index contributed by atoms with van der Waals surface area (Å²) >= 11 is 0. The number of hydrogen-bond acceptors (Lipinski definition) is 5. The first-order valence-electron chi connectivity index (χ1n) is 10.2. The van der Waals surface area contributed by atoms with E-state index in [9.17, 15) is 4.79 Å². The van der Waals surface area contributed by atoms with Crippen molar-refractivity contribution in [1.82, 2.24) is 20.3 Å². The van der Waals surface area contributed by atoms with Gasteiger partial charge < -0.3 is 10.6 Å². The van der Waals surface area contributed by atoms with Crippen LogP contribution in [0.4, 0.5) is 5.82 Å². The maximum absolute atomic E-state index is 12.9. The molecule has 0 fully saturated rings. The molecule has 4 aromatic rings. The number of hydrogen-bond donors (Lipinski definition) is 2. The maximum Gasteiger partial charge on any atom is 0.255 e. The molecule has 3 heterocycles. The van der Waals surface area contributed by atoms with Gasteiger partial charge in [-0.1, -0.05) is 36.4 Å². The Morgan fingerprint density at radius 2 is 1.65 bits per heavy atom. The third kappa shape index (κ3) is 5.51. The van der Waals surface area contributed by atoms with Crippen molar-refractivity contribution in [2.24, 2.45) is 0 Å². The Labute approximate surface area is 181 Å². The summed E-state index contributed by atoms with van der Waals surface area (Å²) in [4.78, 5) is 26.0. The van der Waals surface area contributed by atoms with Gasteiger partial charge in [-0.15, -0.1) is 0 Å². The van der Waals surface area contributed by atoms with Crippen LogP contribution in [0.15, 0.2) is 91.4 Å². The number of nitrogens with one attached hydrogen (secondary N) is 2. The van der Waals surface area contributed by atoms with E-state index >= 15 is 0 Å². The first kappa shape index (κ1) is 20.2. The number of benzene rings is 1. The molecule has 0 atom stereocenters. The fourth-order valence-electron chi connectivity index (χ4n) is 3.18. The lowest BCUT2D eigenvalue weighted by molar-refractivity contribution is 0.0951. The monoisotopic (exact) mass is 409 g/mol. The number of amides is 1. The van der Waals surface area contributed by atoms with Crippen molar-refractivity contribution in [3.05, 3.63) is 108 Å². The highest BCUT2D eigenvalue weighted by atomic mass is 16.1. The Morgan fingerprint density at radius 3 is 2.42 bits per heavy atom. The van der Waals surface area contributed by atoms with Crippen LogP contribution in [0, 0.1) is 0 Å². The van der Waals surface area contributed by atoms with Crippen molar-refractivity contribution in [1.29, 1.82) is 0 Å². The lowest BCUT2D eigenvalue weighted by atomic mass is 10.1. The average Bonchev–Trinajstić information content (AvgIpc) is 2.84. The van der Waals surface area contributed by atoms with Crippen molar-refractivity contribution >= 4 is 11.7 Å². The largest absolute Gasteiger partial charge is 0.369 e. The lowest BCUT2D eigenvalue weighted by Crippen LogP contribution is -2.24. The van der Waals surface area contributed by atoms with Crippen molar-refractivity contribution in [2.45, 2.75) is 13.0 Å². The van der Waals surface area contributed by atoms with Crippen molar-refractivity contribution in [3.8, 4) is 11.3 Å². The molecule has 6 nitrogen and oxygen atoms in total. The van der Waals surface area contributed by atoms with Gasteiger partial charge in [-0.05, 0) is 42.0 Å². The molecule has 6 heteroatoms. The normalized spacial score (nSPS) is 10.5. The van der Waals surface area contributed by atoms with Gasteiger partial charge in [0, 0.05) is 49.4 Å². The number of rotatable bonds is 8. The van der Waals surface area contributed by atoms with Crippen LogP contribution in [-0.4, -0.2) is 27.4 Å². The standard InChI is InChI=1S/C25H23N5O/c31-25(29-18-19-11-15-26-16-12-19)22-9-10-23(20-6-2-1-3-7-20)30-24(22)28-17-13-21-8-4-5-14-27-21/h1-12,14-16H,13,17-18H2,(H,28,30)(H,29,31). The molecule has 0 saturated heterocycles. The zero-order valence-electron chi connectivity index (χ0n) is 17.0. The van der Waals surface area contributed by atoms with Crippen LogP contribution < -0.4 is 10.6 Å². The number of aromatic nitrogens is 3. The molecule has 1 amide bonds. The number of anilines is 1. The Balaban J connectivity index is 1.53. The van der Waals surface area contributed by atoms with E-state index in [0.717, 1.165) is 28.9 Å². The van der Waals surface area contributed by atoms with E-state index in [-0.39, 0.29) is 5.91 Å². The Kier molecular flexibility index (Phi) is 6.60. The number of carbonyl (C=O) groups is 1. The molecule has 0 radical (unpaired) electrons. The second-order valence-corrected chi connectivity index (χ2v) is 6.99. The quantitative estimate of drug-likeness (QED) is 0.458. The van der Waals surface area contributed by atoms with E-state index in [1.54, 1.807) is 18.6 Å². The number of carbonyl (C=O) groups excluding carboxylic acids is 1. The smallest absolute Gasteiger partial charge is 0.255 e. The Morgan fingerprint density at radius 1 is 0.839 bits per heavy atom. The highest BCUT2D eigenvalue weighted by Gasteiger charge is 2.14. The minimum absolute atomic E-state index is 0.177. The van der Waals surface area contributed by atoms with Gasteiger partial charge in [0.2, 0.25) is 0 Å². The molecule has 0 spiro atoms. The predicted molar refractivity (Wildman–Crippen MR) is 122 cm³/mol. The summed E-state index contributed by atoms with van der Waals surface area (Å²) in [6.07, 6.45) is 5.93. The molecule has 3 aromatic heterocycles. The topological polar surface area (TPSA) is 79.8 Å². The zero-order valence-corrected chi connectivity index (χ0v) is 17.0. The van der Waals surface area contributed by atoms with Crippen LogP contribution in [0.5, 0.6) is 0 Å². The minimum Gasteiger partial charge on any atom is -0.369 e. The first-order valence-corrected chi connectivity index (χ1v) is 10.2. The predicted octanol–water partition coefficient (Wildman–Crippen LogP) is 4.12. The summed E-state index contributed by atoms with van der Waals surface area (Å²) < 4.78 is 0. The third-order valence-corrected chi connectivity index (χ3v) is 4.81. The summed E-state index contributed by atoms with van der Waals surface area (Å²) in [6.45, 7) is 1.04.